The summed E-state index contributed by atoms with van der Waals surface area (Å²) in [6, 6.07) is 0. The topological polar surface area (TPSA) is 20.2 Å². The minimum atomic E-state index is -0.521. The van der Waals surface area contributed by atoms with Crippen LogP contribution in [0.1, 0.15) is 80.1 Å². The summed E-state index contributed by atoms with van der Waals surface area (Å²) in [7, 11) is 0. The highest BCUT2D eigenvalue weighted by molar-refractivity contribution is 5.17. The highest BCUT2D eigenvalue weighted by Crippen LogP contribution is 2.75. The van der Waals surface area contributed by atoms with E-state index in [1.165, 1.54) is 38.5 Å². The maximum Gasteiger partial charge on any atom is 0.0648 e. The van der Waals surface area contributed by atoms with Crippen LogP contribution in [0.3, 0.4) is 0 Å². The van der Waals surface area contributed by atoms with Gasteiger partial charge in [-0.2, -0.15) is 0 Å². The van der Waals surface area contributed by atoms with Crippen LogP contribution >= 0.6 is 0 Å². The highest BCUT2D eigenvalue weighted by Gasteiger charge is 2.67. The van der Waals surface area contributed by atoms with Crippen molar-refractivity contribution in [2.45, 2.75) is 85.7 Å². The molecule has 4 aliphatic carbocycles. The lowest BCUT2D eigenvalue weighted by atomic mass is 9.34. The molecule has 4 rings (SSSR count). The Bertz CT molecular complexity index is 376. The molecule has 0 saturated heterocycles. The molecule has 0 aliphatic heterocycles. The lowest BCUT2D eigenvalue weighted by Gasteiger charge is -2.71. The zero-order valence-electron chi connectivity index (χ0n) is 14.4. The van der Waals surface area contributed by atoms with Crippen LogP contribution in [-0.2, 0) is 0 Å². The third-order valence-corrected chi connectivity index (χ3v) is 7.90. The van der Waals surface area contributed by atoms with Gasteiger partial charge in [0.25, 0.3) is 0 Å². The zero-order chi connectivity index (χ0) is 15.0. The van der Waals surface area contributed by atoms with Gasteiger partial charge in [0.05, 0.1) is 5.60 Å². The molecule has 1 heteroatoms. The first kappa shape index (κ1) is 14.9. The van der Waals surface area contributed by atoms with Gasteiger partial charge in [-0.25, -0.2) is 0 Å². The van der Waals surface area contributed by atoms with Crippen LogP contribution in [0.2, 0.25) is 0 Å². The maximum absolute atomic E-state index is 11.0. The second-order valence-electron chi connectivity index (χ2n) is 9.88. The molecule has 2 atom stereocenters. The van der Waals surface area contributed by atoms with Gasteiger partial charge in [-0.15, -0.1) is 0 Å². The van der Waals surface area contributed by atoms with Gasteiger partial charge in [0.15, 0.2) is 0 Å². The zero-order valence-corrected chi connectivity index (χ0v) is 14.4. The van der Waals surface area contributed by atoms with Gasteiger partial charge in [-0.1, -0.05) is 27.7 Å². The van der Waals surface area contributed by atoms with Crippen LogP contribution < -0.4 is 0 Å². The molecule has 4 aliphatic rings. The normalized spacial score (nSPS) is 47.5. The Labute approximate surface area is 125 Å². The molecular weight excluding hydrogens is 244 g/mol. The summed E-state index contributed by atoms with van der Waals surface area (Å²) in [6.07, 6.45) is 8.09. The summed E-state index contributed by atoms with van der Waals surface area (Å²) < 4.78 is 0. The van der Waals surface area contributed by atoms with E-state index in [9.17, 15) is 5.11 Å². The molecule has 20 heavy (non-hydrogen) atoms. The van der Waals surface area contributed by atoms with Crippen LogP contribution in [0.25, 0.3) is 0 Å². The Kier molecular flexibility index (Phi) is 3.00. The fourth-order valence-electron chi connectivity index (χ4n) is 6.56. The predicted molar refractivity (Wildman–Crippen MR) is 84.5 cm³/mol. The molecule has 116 valence electrons. The van der Waals surface area contributed by atoms with Crippen molar-refractivity contribution in [2.75, 3.05) is 0 Å². The van der Waals surface area contributed by atoms with Crippen LogP contribution in [0.4, 0.5) is 0 Å². The smallest absolute Gasteiger partial charge is 0.0648 e. The van der Waals surface area contributed by atoms with Gasteiger partial charge in [0, 0.05) is 0 Å². The molecule has 0 aromatic heterocycles. The first-order valence-corrected chi connectivity index (χ1v) is 8.77. The number of hydrogen-bond donors (Lipinski definition) is 1. The van der Waals surface area contributed by atoms with Crippen molar-refractivity contribution < 1.29 is 5.11 Å². The van der Waals surface area contributed by atoms with Crippen molar-refractivity contribution in [1.82, 2.24) is 0 Å². The van der Waals surface area contributed by atoms with E-state index in [4.69, 9.17) is 0 Å². The van der Waals surface area contributed by atoms with E-state index in [2.05, 4.69) is 41.5 Å². The highest BCUT2D eigenvalue weighted by atomic mass is 16.3. The Morgan fingerprint density at radius 2 is 1.30 bits per heavy atom. The van der Waals surface area contributed by atoms with Crippen molar-refractivity contribution in [3.05, 3.63) is 0 Å². The maximum atomic E-state index is 11.0. The summed E-state index contributed by atoms with van der Waals surface area (Å²) in [6.45, 7) is 13.9. The molecule has 1 N–H and O–H groups in total. The van der Waals surface area contributed by atoms with E-state index in [1.54, 1.807) is 0 Å². The van der Waals surface area contributed by atoms with E-state index in [0.29, 0.717) is 10.8 Å². The molecule has 0 amide bonds. The van der Waals surface area contributed by atoms with Gasteiger partial charge in [-0.3, -0.25) is 0 Å². The Hall–Kier alpha value is -0.0400. The number of aliphatic hydroxyl groups is 1. The minimum Gasteiger partial charge on any atom is -0.390 e. The molecule has 0 aromatic carbocycles. The quantitative estimate of drug-likeness (QED) is 0.768. The molecule has 0 spiro atoms. The van der Waals surface area contributed by atoms with Gasteiger partial charge in [0.2, 0.25) is 0 Å². The second-order valence-corrected chi connectivity index (χ2v) is 9.88. The third-order valence-electron chi connectivity index (χ3n) is 7.90. The summed E-state index contributed by atoms with van der Waals surface area (Å²) in [5, 5.41) is 11.0. The van der Waals surface area contributed by atoms with Gasteiger partial charge in [0.1, 0.15) is 0 Å². The Morgan fingerprint density at radius 3 is 1.65 bits per heavy atom. The molecule has 4 saturated carbocycles. The van der Waals surface area contributed by atoms with Crippen LogP contribution in [0, 0.1) is 34.0 Å². The molecule has 2 unspecified atom stereocenters. The average Bonchev–Trinajstić information content (AvgIpc) is 2.25. The van der Waals surface area contributed by atoms with Crippen molar-refractivity contribution in [2.24, 2.45) is 34.0 Å². The molecule has 0 aromatic rings. The second kappa shape index (κ2) is 4.03. The first-order valence-electron chi connectivity index (χ1n) is 8.77. The predicted octanol–water partition coefficient (Wildman–Crippen LogP) is 5.03. The third kappa shape index (κ3) is 1.77. The van der Waals surface area contributed by atoms with E-state index in [0.717, 1.165) is 17.8 Å². The van der Waals surface area contributed by atoms with Gasteiger partial charge >= 0.3 is 0 Å². The van der Waals surface area contributed by atoms with E-state index in [1.807, 2.05) is 0 Å². The van der Waals surface area contributed by atoms with Crippen LogP contribution in [-0.4, -0.2) is 10.7 Å². The standard InChI is InChI=1S/C19H34O/c1-13(2)17-7-15-8-18(10-17,14(3)4)12-19(9-15,11-17)16(5,6)20/h13-15,20H,7-12H2,1-6H3. The fourth-order valence-corrected chi connectivity index (χ4v) is 6.56. The average molecular weight is 278 g/mol. The number of rotatable bonds is 3. The van der Waals surface area contributed by atoms with Crippen molar-refractivity contribution in [3.63, 3.8) is 0 Å². The Balaban J connectivity index is 2.10. The van der Waals surface area contributed by atoms with Crippen LogP contribution in [0.15, 0.2) is 0 Å². The summed E-state index contributed by atoms with van der Waals surface area (Å²) >= 11 is 0. The van der Waals surface area contributed by atoms with Crippen LogP contribution in [0.5, 0.6) is 0 Å². The Morgan fingerprint density at radius 1 is 0.850 bits per heavy atom. The van der Waals surface area contributed by atoms with Crippen molar-refractivity contribution in [3.8, 4) is 0 Å². The van der Waals surface area contributed by atoms with Crippen molar-refractivity contribution >= 4 is 0 Å². The molecular formula is C19H34O. The number of hydrogen-bond acceptors (Lipinski definition) is 1. The summed E-state index contributed by atoms with van der Waals surface area (Å²) in [5.74, 6) is 2.37. The van der Waals surface area contributed by atoms with Gasteiger partial charge in [-0.05, 0) is 86.4 Å². The molecule has 4 bridgehead atoms. The lowest BCUT2D eigenvalue weighted by Crippen LogP contribution is -2.65. The molecule has 4 fully saturated rings. The fraction of sp³-hybridized carbons (Fsp3) is 1.00. The molecule has 1 nitrogen and oxygen atoms in total. The largest absolute Gasteiger partial charge is 0.390 e. The van der Waals surface area contributed by atoms with E-state index in [-0.39, 0.29) is 5.41 Å². The summed E-state index contributed by atoms with van der Waals surface area (Å²) in [4.78, 5) is 0. The van der Waals surface area contributed by atoms with E-state index >= 15 is 0 Å². The summed E-state index contributed by atoms with van der Waals surface area (Å²) in [5.41, 5.74) is 0.668. The molecule has 0 radical (unpaired) electrons. The lowest BCUT2D eigenvalue weighted by molar-refractivity contribution is -0.243. The monoisotopic (exact) mass is 278 g/mol. The van der Waals surface area contributed by atoms with Crippen molar-refractivity contribution in [1.29, 1.82) is 0 Å². The SMILES string of the molecule is CC(C)C12CC3CC(C(C)C)(C1)CC(C(C)(C)O)(C3)C2. The first-order chi connectivity index (χ1) is 9.04. The van der Waals surface area contributed by atoms with Gasteiger partial charge < -0.3 is 5.11 Å². The van der Waals surface area contributed by atoms with E-state index < -0.39 is 5.60 Å². The minimum absolute atomic E-state index is 0.182. The molecule has 0 heterocycles.